The van der Waals surface area contributed by atoms with E-state index >= 15 is 0 Å². The molecule has 6 unspecified atom stereocenters. The van der Waals surface area contributed by atoms with Gasteiger partial charge in [-0.25, -0.2) is 4.79 Å². The highest BCUT2D eigenvalue weighted by Gasteiger charge is 2.37. The van der Waals surface area contributed by atoms with E-state index in [4.69, 9.17) is 34.2 Å². The number of hydrogen-bond acceptors (Lipinski definition) is 13. The van der Waals surface area contributed by atoms with E-state index in [1.807, 2.05) is 68.5 Å². The summed E-state index contributed by atoms with van der Waals surface area (Å²) in [5.41, 5.74) is 10.3. The van der Waals surface area contributed by atoms with Crippen molar-refractivity contribution in [1.82, 2.24) is 0 Å². The summed E-state index contributed by atoms with van der Waals surface area (Å²) in [6, 6.07) is 14.2. The molecule has 0 aromatic heterocycles. The molecule has 3 aliphatic rings. The first-order valence-corrected chi connectivity index (χ1v) is 24.9. The molecule has 4 N–H and O–H groups in total. The van der Waals surface area contributed by atoms with Crippen LogP contribution in [-0.4, -0.2) is 86.5 Å². The molecule has 3 aromatic rings. The SMILES string of the molecule is C=CCOC(=O)C1CCc2cc(OCCCOc3cc4c(cc3OC)C(=O)C3=CC=C(C=CC)CC3C(O)C=C4C(=O)OCc3ccc(CCCN)cc3)c(OC)cc2C(=O)/C=C/C(C=CC)CC(C=C)C1O. The predicted molar refractivity (Wildman–Crippen MR) is 282 cm³/mol. The van der Waals surface area contributed by atoms with E-state index in [0.29, 0.717) is 54.0 Å². The number of ether oxygens (including phenoxy) is 6. The second-order valence-corrected chi connectivity index (χ2v) is 18.2. The lowest BCUT2D eigenvalue weighted by atomic mass is 9.76. The summed E-state index contributed by atoms with van der Waals surface area (Å²) in [4.78, 5) is 56.0. The highest BCUT2D eigenvalue weighted by molar-refractivity contribution is 6.22. The standard InChI is InChI=1S/C60H69NO12/c1-7-13-39-21-25-51(62)46-34-53(68-5)55(32-43(46)22-24-45(59(66)72-27-9-3)57(64)42(10-4)30-39)70-28-12-29-71-56-35-47-49(36-54(56)69-6)58(65)44-23-20-40(14-8-2)31-48(44)52(63)33-50(47)60(67)73-37-41-18-16-38(17-19-41)15-11-26-61/h7-10,13-14,16-21,23,25,32-36,39,42,45,48,52,57,63-64H,3-4,11-12,15,22,24,26-31,37,61H2,1-2,5-6H3/b13-7?,14-8?,25-21+,50-33?. The summed E-state index contributed by atoms with van der Waals surface area (Å²) in [6.45, 7) is 12.1. The number of aliphatic hydroxyl groups excluding tert-OH is 2. The van der Waals surface area contributed by atoms with Gasteiger partial charge in [-0.2, -0.15) is 0 Å². The van der Waals surface area contributed by atoms with E-state index in [2.05, 4.69) is 13.2 Å². The molecule has 6 rings (SSSR count). The Morgan fingerprint density at radius 1 is 0.836 bits per heavy atom. The van der Waals surface area contributed by atoms with Crippen LogP contribution in [0.4, 0.5) is 0 Å². The Morgan fingerprint density at radius 2 is 1.52 bits per heavy atom. The van der Waals surface area contributed by atoms with E-state index in [-0.39, 0.29) is 85.0 Å². The van der Waals surface area contributed by atoms with Crippen molar-refractivity contribution in [3.63, 3.8) is 0 Å². The predicted octanol–water partition coefficient (Wildman–Crippen LogP) is 9.35. The number of Topliss-reactive ketones (excluding diaryl/α,β-unsaturated/α-hetero) is 1. The molecule has 0 heterocycles. The number of ketones is 2. The number of carbonyl (C=O) groups is 4. The van der Waals surface area contributed by atoms with Gasteiger partial charge in [0.15, 0.2) is 34.6 Å². The molecule has 3 aromatic carbocycles. The second-order valence-electron chi connectivity index (χ2n) is 18.2. The van der Waals surface area contributed by atoms with E-state index in [9.17, 15) is 29.4 Å². The number of rotatable bonds is 20. The first-order valence-electron chi connectivity index (χ1n) is 24.9. The van der Waals surface area contributed by atoms with Crippen molar-refractivity contribution >= 4 is 29.1 Å². The van der Waals surface area contributed by atoms with Gasteiger partial charge in [0.2, 0.25) is 0 Å². The topological polar surface area (TPSA) is 190 Å². The zero-order valence-corrected chi connectivity index (χ0v) is 42.4. The van der Waals surface area contributed by atoms with E-state index in [1.165, 1.54) is 32.4 Å². The Bertz CT molecular complexity index is 2670. The van der Waals surface area contributed by atoms with Gasteiger partial charge in [0.25, 0.3) is 0 Å². The van der Waals surface area contributed by atoms with Gasteiger partial charge in [0, 0.05) is 40.5 Å². The summed E-state index contributed by atoms with van der Waals surface area (Å²) in [5, 5.41) is 23.4. The van der Waals surface area contributed by atoms with Crippen LogP contribution in [0.5, 0.6) is 23.0 Å². The smallest absolute Gasteiger partial charge is 0.338 e. The normalized spacial score (nSPS) is 21.5. The lowest BCUT2D eigenvalue weighted by molar-refractivity contribution is -0.152. The number of allylic oxidation sites excluding steroid dienone is 9. The summed E-state index contributed by atoms with van der Waals surface area (Å²) in [5.74, 6) is -3.01. The minimum absolute atomic E-state index is 0.0116. The molecule has 0 saturated carbocycles. The number of carbonyl (C=O) groups excluding carboxylic acids is 4. The number of nitrogens with two attached hydrogens (primary N) is 1. The van der Waals surface area contributed by atoms with Crippen molar-refractivity contribution in [2.45, 2.75) is 77.6 Å². The molecular weight excluding hydrogens is 927 g/mol. The molecule has 3 aliphatic carbocycles. The molecule has 6 atom stereocenters. The fraction of sp³-hybridized carbons (Fsp3) is 0.367. The summed E-state index contributed by atoms with van der Waals surface area (Å²) >= 11 is 0. The highest BCUT2D eigenvalue weighted by atomic mass is 16.5. The third kappa shape index (κ3) is 14.1. The number of aryl methyl sites for hydroxylation is 2. The van der Waals surface area contributed by atoms with Crippen LogP contribution in [0.25, 0.3) is 5.57 Å². The van der Waals surface area contributed by atoms with E-state index in [0.717, 1.165) is 29.5 Å². The number of fused-ring (bicyclic) bond motifs is 3. The molecule has 0 saturated heterocycles. The van der Waals surface area contributed by atoms with Crippen LogP contribution in [0.15, 0.2) is 140 Å². The first-order chi connectivity index (χ1) is 35.4. The van der Waals surface area contributed by atoms with Gasteiger partial charge in [0.05, 0.1) is 51.1 Å². The number of aliphatic hydroxyl groups is 2. The van der Waals surface area contributed by atoms with Gasteiger partial charge in [-0.05, 0) is 124 Å². The van der Waals surface area contributed by atoms with Crippen LogP contribution in [0.1, 0.15) is 88.9 Å². The Balaban J connectivity index is 1.25. The summed E-state index contributed by atoms with van der Waals surface area (Å²) < 4.78 is 35.4. The van der Waals surface area contributed by atoms with Crippen molar-refractivity contribution < 1.29 is 57.8 Å². The monoisotopic (exact) mass is 995 g/mol. The van der Waals surface area contributed by atoms with Crippen LogP contribution in [0.2, 0.25) is 0 Å². The van der Waals surface area contributed by atoms with Crippen LogP contribution in [-0.2, 0) is 38.5 Å². The second kappa shape index (κ2) is 27.1. The summed E-state index contributed by atoms with van der Waals surface area (Å²) in [7, 11) is 2.94. The van der Waals surface area contributed by atoms with Gasteiger partial charge in [-0.15, -0.1) is 6.58 Å². The van der Waals surface area contributed by atoms with Crippen molar-refractivity contribution in [3.8, 4) is 23.0 Å². The van der Waals surface area contributed by atoms with E-state index < -0.39 is 41.9 Å². The van der Waals surface area contributed by atoms with Crippen molar-refractivity contribution in [2.75, 3.05) is 40.6 Å². The highest BCUT2D eigenvalue weighted by Crippen LogP contribution is 2.42. The molecule has 0 spiro atoms. The Morgan fingerprint density at radius 3 is 2.18 bits per heavy atom. The van der Waals surface area contributed by atoms with Crippen LogP contribution in [0, 0.1) is 23.7 Å². The average Bonchev–Trinajstić information content (AvgIpc) is 3.40. The van der Waals surface area contributed by atoms with Gasteiger partial charge in [-0.3, -0.25) is 14.4 Å². The zero-order chi connectivity index (χ0) is 52.4. The molecule has 0 amide bonds. The van der Waals surface area contributed by atoms with Gasteiger partial charge < -0.3 is 44.4 Å². The fourth-order valence-corrected chi connectivity index (χ4v) is 9.40. The minimum Gasteiger partial charge on any atom is -0.493 e. The van der Waals surface area contributed by atoms with Crippen LogP contribution < -0.4 is 24.7 Å². The number of esters is 2. The molecule has 386 valence electrons. The molecule has 0 fully saturated rings. The maximum absolute atomic E-state index is 14.5. The molecule has 0 bridgehead atoms. The third-order valence-electron chi connectivity index (χ3n) is 13.3. The van der Waals surface area contributed by atoms with Crippen LogP contribution in [0.3, 0.4) is 0 Å². The molecule has 13 heteroatoms. The first kappa shape index (κ1) is 55.3. The maximum Gasteiger partial charge on any atom is 0.338 e. The van der Waals surface area contributed by atoms with Crippen LogP contribution >= 0.6 is 0 Å². The van der Waals surface area contributed by atoms with Crippen molar-refractivity contribution in [1.29, 1.82) is 0 Å². The molecular formula is C60H69NO12. The number of hydrogen-bond donors (Lipinski definition) is 3. The Hall–Kier alpha value is -7.06. The van der Waals surface area contributed by atoms with E-state index in [1.54, 1.807) is 42.5 Å². The third-order valence-corrected chi connectivity index (χ3v) is 13.3. The van der Waals surface area contributed by atoms with Crippen molar-refractivity contribution in [2.24, 2.45) is 29.4 Å². The molecule has 73 heavy (non-hydrogen) atoms. The Kier molecular flexibility index (Phi) is 20.5. The van der Waals surface area contributed by atoms with Gasteiger partial charge in [0.1, 0.15) is 13.2 Å². The maximum atomic E-state index is 14.5. The van der Waals surface area contributed by atoms with Crippen molar-refractivity contribution in [3.05, 3.63) is 173 Å². The lowest BCUT2D eigenvalue weighted by Crippen LogP contribution is -2.36. The summed E-state index contributed by atoms with van der Waals surface area (Å²) in [6.07, 6.45) is 20.0. The van der Waals surface area contributed by atoms with Gasteiger partial charge >= 0.3 is 11.9 Å². The Labute approximate surface area is 429 Å². The largest absolute Gasteiger partial charge is 0.493 e. The average molecular weight is 996 g/mol. The molecule has 0 aliphatic heterocycles. The number of benzene rings is 3. The quantitative estimate of drug-likeness (QED) is 0.0552. The molecule has 13 nitrogen and oxygen atoms in total. The number of methoxy groups -OCH3 is 2. The minimum atomic E-state index is -1.20. The zero-order valence-electron chi connectivity index (χ0n) is 42.4. The molecule has 0 radical (unpaired) electrons. The van der Waals surface area contributed by atoms with Gasteiger partial charge in [-0.1, -0.05) is 85.5 Å². The lowest BCUT2D eigenvalue weighted by Gasteiger charge is -2.30. The fourth-order valence-electron chi connectivity index (χ4n) is 9.40.